The van der Waals surface area contributed by atoms with Crippen LogP contribution >= 0.6 is 0 Å². The number of unbranched alkanes of at least 4 members (excludes halogenated alkanes) is 3. The van der Waals surface area contributed by atoms with E-state index in [1.54, 1.807) is 0 Å². The van der Waals surface area contributed by atoms with E-state index in [0.717, 1.165) is 11.8 Å². The third-order valence-corrected chi connectivity index (χ3v) is 5.05. The highest BCUT2D eigenvalue weighted by Crippen LogP contribution is 2.31. The van der Waals surface area contributed by atoms with E-state index >= 15 is 0 Å². The molecule has 0 atom stereocenters. The van der Waals surface area contributed by atoms with E-state index in [2.05, 4.69) is 38.1 Å². The fraction of sp³-hybridized carbons (Fsp3) is 0.700. The Hall–Kier alpha value is -0.780. The van der Waals surface area contributed by atoms with Gasteiger partial charge in [0.15, 0.2) is 0 Å². The largest absolute Gasteiger partial charge is 0.0625 e. The molecule has 1 fully saturated rings. The van der Waals surface area contributed by atoms with Crippen molar-refractivity contribution in [3.8, 4) is 0 Å². The Balaban J connectivity index is 1.49. The monoisotopic (exact) mass is 272 g/mol. The fourth-order valence-electron chi connectivity index (χ4n) is 3.60. The minimum atomic E-state index is 1.00. The zero-order valence-electron chi connectivity index (χ0n) is 13.5. The van der Waals surface area contributed by atoms with Crippen molar-refractivity contribution < 1.29 is 0 Å². The van der Waals surface area contributed by atoms with Crippen LogP contribution in [0.5, 0.6) is 0 Å². The molecule has 0 aliphatic heterocycles. The predicted octanol–water partition coefficient (Wildman–Crippen LogP) is 6.31. The minimum Gasteiger partial charge on any atom is -0.0625 e. The second-order valence-corrected chi connectivity index (χ2v) is 7.07. The third kappa shape index (κ3) is 5.69. The maximum absolute atomic E-state index is 2.42. The van der Waals surface area contributed by atoms with Crippen molar-refractivity contribution in [2.24, 2.45) is 11.8 Å². The average molecular weight is 272 g/mol. The molecule has 0 saturated heterocycles. The molecule has 0 radical (unpaired) electrons. The van der Waals surface area contributed by atoms with Gasteiger partial charge in [0.2, 0.25) is 0 Å². The molecule has 0 bridgehead atoms. The molecule has 1 aliphatic carbocycles. The molecular weight excluding hydrogens is 240 g/mol. The second-order valence-electron chi connectivity index (χ2n) is 7.07. The number of benzene rings is 1. The Morgan fingerprint density at radius 3 is 2.45 bits per heavy atom. The molecule has 0 N–H and O–H groups in total. The van der Waals surface area contributed by atoms with Crippen molar-refractivity contribution in [3.63, 3.8) is 0 Å². The summed E-state index contributed by atoms with van der Waals surface area (Å²) in [6.07, 6.45) is 14.4. The number of aryl methyl sites for hydroxylation is 2. The van der Waals surface area contributed by atoms with Crippen LogP contribution in [0.3, 0.4) is 0 Å². The van der Waals surface area contributed by atoms with Gasteiger partial charge in [-0.05, 0) is 37.2 Å². The van der Waals surface area contributed by atoms with Crippen LogP contribution in [0.15, 0.2) is 24.3 Å². The van der Waals surface area contributed by atoms with Crippen molar-refractivity contribution in [1.82, 2.24) is 0 Å². The predicted molar refractivity (Wildman–Crippen MR) is 89.1 cm³/mol. The molecule has 1 saturated carbocycles. The van der Waals surface area contributed by atoms with Crippen molar-refractivity contribution in [3.05, 3.63) is 35.4 Å². The molecule has 1 aliphatic rings. The lowest BCUT2D eigenvalue weighted by atomic mass is 9.80. The molecule has 0 nitrogen and oxygen atoms in total. The molecule has 1 aromatic rings. The topological polar surface area (TPSA) is 0 Å². The van der Waals surface area contributed by atoms with E-state index in [9.17, 15) is 0 Å². The number of hydrogen-bond donors (Lipinski definition) is 0. The van der Waals surface area contributed by atoms with E-state index in [1.807, 2.05) is 0 Å². The van der Waals surface area contributed by atoms with Crippen LogP contribution in [0.4, 0.5) is 0 Å². The molecular formula is C20H32. The average Bonchev–Trinajstić information content (AvgIpc) is 2.45. The van der Waals surface area contributed by atoms with Gasteiger partial charge in [-0.25, -0.2) is 0 Å². The second kappa shape index (κ2) is 8.49. The van der Waals surface area contributed by atoms with Crippen LogP contribution in [0.1, 0.15) is 75.8 Å². The first kappa shape index (κ1) is 15.6. The summed E-state index contributed by atoms with van der Waals surface area (Å²) in [5, 5.41) is 0. The highest BCUT2D eigenvalue weighted by molar-refractivity contribution is 5.22. The Morgan fingerprint density at radius 1 is 0.950 bits per heavy atom. The van der Waals surface area contributed by atoms with Gasteiger partial charge in [-0.15, -0.1) is 0 Å². The summed E-state index contributed by atoms with van der Waals surface area (Å²) < 4.78 is 0. The number of rotatable bonds is 7. The summed E-state index contributed by atoms with van der Waals surface area (Å²) in [5.74, 6) is 2.06. The van der Waals surface area contributed by atoms with Crippen LogP contribution < -0.4 is 0 Å². The molecule has 0 unspecified atom stereocenters. The van der Waals surface area contributed by atoms with Gasteiger partial charge < -0.3 is 0 Å². The van der Waals surface area contributed by atoms with Crippen LogP contribution in [0.25, 0.3) is 0 Å². The summed E-state index contributed by atoms with van der Waals surface area (Å²) in [4.78, 5) is 0. The highest BCUT2D eigenvalue weighted by atomic mass is 14.2. The molecule has 2 rings (SSSR count). The summed E-state index contributed by atoms with van der Waals surface area (Å²) >= 11 is 0. The SMILES string of the molecule is Cc1cccc(CCCCCCC2CCC(C)CC2)c1. The van der Waals surface area contributed by atoms with Gasteiger partial charge in [0.25, 0.3) is 0 Å². The smallest absolute Gasteiger partial charge is 0.0279 e. The van der Waals surface area contributed by atoms with E-state index < -0.39 is 0 Å². The van der Waals surface area contributed by atoms with Crippen molar-refractivity contribution in [1.29, 1.82) is 0 Å². The van der Waals surface area contributed by atoms with Crippen molar-refractivity contribution in [2.75, 3.05) is 0 Å². The maximum Gasteiger partial charge on any atom is -0.0279 e. The van der Waals surface area contributed by atoms with Crippen molar-refractivity contribution in [2.45, 2.75) is 78.1 Å². The van der Waals surface area contributed by atoms with Gasteiger partial charge in [0.1, 0.15) is 0 Å². The summed E-state index contributed by atoms with van der Waals surface area (Å²) in [5.41, 5.74) is 2.92. The zero-order valence-corrected chi connectivity index (χ0v) is 13.5. The van der Waals surface area contributed by atoms with Gasteiger partial charge in [-0.1, -0.05) is 88.1 Å². The Morgan fingerprint density at radius 2 is 1.70 bits per heavy atom. The lowest BCUT2D eigenvalue weighted by molar-refractivity contribution is 0.271. The van der Waals surface area contributed by atoms with Gasteiger partial charge >= 0.3 is 0 Å². The fourth-order valence-corrected chi connectivity index (χ4v) is 3.60. The quantitative estimate of drug-likeness (QED) is 0.510. The van der Waals surface area contributed by atoms with E-state index in [0.29, 0.717) is 0 Å². The van der Waals surface area contributed by atoms with Crippen LogP contribution in [0.2, 0.25) is 0 Å². The third-order valence-electron chi connectivity index (χ3n) is 5.05. The van der Waals surface area contributed by atoms with E-state index in [-0.39, 0.29) is 0 Å². The Labute approximate surface area is 126 Å². The molecule has 112 valence electrons. The van der Waals surface area contributed by atoms with Crippen LogP contribution in [-0.2, 0) is 6.42 Å². The zero-order chi connectivity index (χ0) is 14.2. The molecule has 0 amide bonds. The molecule has 0 aromatic heterocycles. The van der Waals surface area contributed by atoms with Gasteiger partial charge in [0.05, 0.1) is 0 Å². The first-order chi connectivity index (χ1) is 9.74. The lowest BCUT2D eigenvalue weighted by Crippen LogP contribution is -2.12. The maximum atomic E-state index is 2.42. The molecule has 0 heterocycles. The molecule has 20 heavy (non-hydrogen) atoms. The van der Waals surface area contributed by atoms with Crippen molar-refractivity contribution >= 4 is 0 Å². The minimum absolute atomic E-state index is 1.00. The van der Waals surface area contributed by atoms with Gasteiger partial charge in [-0.3, -0.25) is 0 Å². The normalized spacial score (nSPS) is 22.9. The Bertz CT molecular complexity index is 371. The molecule has 0 spiro atoms. The van der Waals surface area contributed by atoms with E-state index in [1.165, 1.54) is 75.3 Å². The number of hydrogen-bond acceptors (Lipinski definition) is 0. The van der Waals surface area contributed by atoms with Crippen LogP contribution in [0, 0.1) is 18.8 Å². The van der Waals surface area contributed by atoms with E-state index in [4.69, 9.17) is 0 Å². The van der Waals surface area contributed by atoms with Gasteiger partial charge in [0, 0.05) is 0 Å². The van der Waals surface area contributed by atoms with Gasteiger partial charge in [-0.2, -0.15) is 0 Å². The first-order valence-electron chi connectivity index (χ1n) is 8.79. The lowest BCUT2D eigenvalue weighted by Gasteiger charge is -2.26. The summed E-state index contributed by atoms with van der Waals surface area (Å²) in [6, 6.07) is 8.99. The summed E-state index contributed by atoms with van der Waals surface area (Å²) in [7, 11) is 0. The first-order valence-corrected chi connectivity index (χ1v) is 8.79. The summed E-state index contributed by atoms with van der Waals surface area (Å²) in [6.45, 7) is 4.61. The highest BCUT2D eigenvalue weighted by Gasteiger charge is 2.17. The molecule has 0 heteroatoms. The van der Waals surface area contributed by atoms with Crippen LogP contribution in [-0.4, -0.2) is 0 Å². The molecule has 1 aromatic carbocycles. The Kier molecular flexibility index (Phi) is 6.63. The standard InChI is InChI=1S/C20H32/c1-17-12-14-19(15-13-17)9-5-3-4-6-10-20-11-7-8-18(2)16-20/h7-8,11,16-17,19H,3-6,9-10,12-15H2,1-2H3.